The molecule has 4 heteroatoms. The van der Waals surface area contributed by atoms with Crippen LogP contribution in [0.3, 0.4) is 0 Å². The smallest absolute Gasteiger partial charge is 0.0107 e. The van der Waals surface area contributed by atoms with E-state index < -0.39 is 0 Å². The minimum Gasteiger partial charge on any atom is -1.00 e. The van der Waals surface area contributed by atoms with E-state index in [4.69, 9.17) is 0 Å². The zero-order valence-electron chi connectivity index (χ0n) is 32.8. The molecule has 10 aromatic carbocycles. The summed E-state index contributed by atoms with van der Waals surface area (Å²) < 4.78 is 0. The van der Waals surface area contributed by atoms with Crippen LogP contribution < -0.4 is 24.8 Å². The largest absolute Gasteiger partial charge is 1.00 e. The van der Waals surface area contributed by atoms with Crippen molar-refractivity contribution in [2.75, 3.05) is 0 Å². The standard InChI is InChI=1S/2C25H19.C2H6Si.2ClH.Zr/c2*1-16-12-23-17(2)10-11-22(25(23)13-16)21-9-5-8-20-14-18-6-3-4-7-19(18)15-24(20)21;1-3-2;;;/h2*3-15H,1-2H3;1-2H3;2*1H;/q2*-1;;;;+2/p-2. The van der Waals surface area contributed by atoms with E-state index in [2.05, 4.69) is 199 Å². The van der Waals surface area contributed by atoms with E-state index in [9.17, 15) is 0 Å². The summed E-state index contributed by atoms with van der Waals surface area (Å²) in [7, 11) is 0. The fourth-order valence-corrected chi connectivity index (χ4v) is 8.05. The van der Waals surface area contributed by atoms with Crippen molar-refractivity contribution in [3.8, 4) is 22.3 Å². The van der Waals surface area contributed by atoms with Crippen LogP contribution in [0.4, 0.5) is 0 Å². The molecule has 0 aliphatic carbocycles. The second-order valence-electron chi connectivity index (χ2n) is 15.0. The number of benzene rings is 8. The average molecular weight is 859 g/mol. The van der Waals surface area contributed by atoms with E-state index in [1.165, 1.54) is 109 Å². The summed E-state index contributed by atoms with van der Waals surface area (Å²) in [6, 6.07) is 58.0. The fraction of sp³-hybridized carbons (Fsp3) is 0.115. The van der Waals surface area contributed by atoms with Gasteiger partial charge in [0.2, 0.25) is 0 Å². The van der Waals surface area contributed by atoms with Gasteiger partial charge in [-0.3, -0.25) is 0 Å². The van der Waals surface area contributed by atoms with Crippen molar-refractivity contribution in [1.29, 1.82) is 0 Å². The molecule has 10 rings (SSSR count). The van der Waals surface area contributed by atoms with Crippen LogP contribution in [0.1, 0.15) is 22.3 Å². The van der Waals surface area contributed by atoms with E-state index in [0.717, 1.165) is 0 Å². The van der Waals surface area contributed by atoms with Crippen LogP contribution in [0.25, 0.3) is 86.9 Å². The molecule has 0 saturated carbocycles. The summed E-state index contributed by atoms with van der Waals surface area (Å²) in [5.74, 6) is 0. The maximum atomic E-state index is 2.33. The van der Waals surface area contributed by atoms with Crippen molar-refractivity contribution in [3.63, 3.8) is 0 Å². The SMILES string of the molecule is C[Si](C)=[Zr+2].Cc1cc2c(-c3cccc4cc5ccccc5cc34)ccc(C)c2[cH-]1.Cc1cc2c(-c3cccc4cc5ccccc5cc34)ccc(C)c2[cH-]1.[Cl-].[Cl-]. The topological polar surface area (TPSA) is 0 Å². The monoisotopic (exact) mass is 856 g/mol. The Labute approximate surface area is 358 Å². The number of aryl methyl sites for hydroxylation is 4. The van der Waals surface area contributed by atoms with E-state index in [0.29, 0.717) is 0 Å². The fourth-order valence-electron chi connectivity index (χ4n) is 8.05. The van der Waals surface area contributed by atoms with E-state index in [1.807, 2.05) is 0 Å². The van der Waals surface area contributed by atoms with Gasteiger partial charge in [-0.15, -0.1) is 68.1 Å². The Morgan fingerprint density at radius 1 is 0.375 bits per heavy atom. The molecule has 0 spiro atoms. The third-order valence-electron chi connectivity index (χ3n) is 10.6. The molecular formula is C52H44Cl2SiZr-2. The van der Waals surface area contributed by atoms with E-state index in [-0.39, 0.29) is 30.2 Å². The second-order valence-corrected chi connectivity index (χ2v) is 24.4. The molecule has 10 aromatic rings. The zero-order valence-corrected chi connectivity index (χ0v) is 37.7. The molecule has 0 aliphatic rings. The molecule has 0 heterocycles. The molecule has 0 bridgehead atoms. The molecule has 0 atom stereocenters. The maximum absolute atomic E-state index is 2.33. The minimum absolute atomic E-state index is 0. The molecule has 56 heavy (non-hydrogen) atoms. The summed E-state index contributed by atoms with van der Waals surface area (Å²) in [5.41, 5.74) is 10.9. The van der Waals surface area contributed by atoms with Gasteiger partial charge in [0, 0.05) is 0 Å². The van der Waals surface area contributed by atoms with Gasteiger partial charge in [0.15, 0.2) is 0 Å². The summed E-state index contributed by atoms with van der Waals surface area (Å²) >= 11 is 1.74. The van der Waals surface area contributed by atoms with Crippen molar-refractivity contribution in [1.82, 2.24) is 0 Å². The molecule has 0 amide bonds. The van der Waals surface area contributed by atoms with Gasteiger partial charge in [0.25, 0.3) is 0 Å². The van der Waals surface area contributed by atoms with Gasteiger partial charge in [-0.05, 0) is 78.5 Å². The second kappa shape index (κ2) is 17.5. The Kier molecular flexibility index (Phi) is 12.9. The van der Waals surface area contributed by atoms with Crippen LogP contribution in [0, 0.1) is 27.7 Å². The van der Waals surface area contributed by atoms with Crippen LogP contribution in [0.15, 0.2) is 158 Å². The predicted octanol–water partition coefficient (Wildman–Crippen LogP) is 9.09. The first-order valence-electron chi connectivity index (χ1n) is 18.8. The van der Waals surface area contributed by atoms with Crippen molar-refractivity contribution < 1.29 is 48.1 Å². The van der Waals surface area contributed by atoms with Gasteiger partial charge in [-0.1, -0.05) is 136 Å². The molecule has 0 fully saturated rings. The van der Waals surface area contributed by atoms with Gasteiger partial charge in [-0.25, -0.2) is 0 Å². The molecular weight excluding hydrogens is 815 g/mol. The van der Waals surface area contributed by atoms with Gasteiger partial charge < -0.3 is 24.8 Å². The molecule has 0 unspecified atom stereocenters. The predicted molar refractivity (Wildman–Crippen MR) is 236 cm³/mol. The number of hydrogen-bond acceptors (Lipinski definition) is 0. The van der Waals surface area contributed by atoms with Crippen LogP contribution in [0.5, 0.6) is 0 Å². The molecule has 0 nitrogen and oxygen atoms in total. The number of rotatable bonds is 2. The molecule has 0 saturated heterocycles. The third kappa shape index (κ3) is 8.23. The first-order chi connectivity index (χ1) is 26.1. The normalized spacial score (nSPS) is 10.9. The first-order valence-corrected chi connectivity index (χ1v) is 25.0. The number of halogens is 2. The summed E-state index contributed by atoms with van der Waals surface area (Å²) in [6.07, 6.45) is 0. The third-order valence-corrected chi connectivity index (χ3v) is 10.6. The molecule has 276 valence electrons. The zero-order chi connectivity index (χ0) is 37.5. The van der Waals surface area contributed by atoms with E-state index >= 15 is 0 Å². The van der Waals surface area contributed by atoms with Crippen LogP contribution in [-0.2, 0) is 23.3 Å². The Morgan fingerprint density at radius 3 is 1.07 bits per heavy atom. The Balaban J connectivity index is 0.000000168. The van der Waals surface area contributed by atoms with Crippen LogP contribution in [0.2, 0.25) is 13.1 Å². The first kappa shape index (κ1) is 41.3. The van der Waals surface area contributed by atoms with Gasteiger partial charge >= 0.3 is 41.9 Å². The van der Waals surface area contributed by atoms with Crippen molar-refractivity contribution in [2.24, 2.45) is 0 Å². The van der Waals surface area contributed by atoms with Gasteiger partial charge in [0.05, 0.1) is 0 Å². The van der Waals surface area contributed by atoms with Crippen LogP contribution in [-0.4, -0.2) is 5.43 Å². The van der Waals surface area contributed by atoms with E-state index in [1.54, 1.807) is 23.3 Å². The molecule has 0 aromatic heterocycles. The van der Waals surface area contributed by atoms with Crippen molar-refractivity contribution >= 4 is 70.1 Å². The number of fused-ring (bicyclic) bond motifs is 6. The molecule has 0 radical (unpaired) electrons. The van der Waals surface area contributed by atoms with Gasteiger partial charge in [-0.2, -0.15) is 12.1 Å². The quantitative estimate of drug-likeness (QED) is 0.0926. The molecule has 0 N–H and O–H groups in total. The van der Waals surface area contributed by atoms with Crippen LogP contribution >= 0.6 is 0 Å². The Morgan fingerprint density at radius 2 is 0.696 bits per heavy atom. The van der Waals surface area contributed by atoms with Crippen molar-refractivity contribution in [2.45, 2.75) is 40.8 Å². The Hall–Kier alpha value is -4.30. The summed E-state index contributed by atoms with van der Waals surface area (Å²) in [5, 5.41) is 15.9. The summed E-state index contributed by atoms with van der Waals surface area (Å²) in [6.45, 7) is 13.4. The van der Waals surface area contributed by atoms with Gasteiger partial charge in [0.1, 0.15) is 0 Å². The Bertz CT molecular complexity index is 2830. The maximum Gasteiger partial charge on any atom is -0.0107 e. The minimum atomic E-state index is 0. The average Bonchev–Trinajstić information content (AvgIpc) is 3.76. The number of hydrogen-bond donors (Lipinski definition) is 0. The molecule has 0 aliphatic heterocycles. The summed E-state index contributed by atoms with van der Waals surface area (Å²) in [4.78, 5) is 0. The van der Waals surface area contributed by atoms with Crippen molar-refractivity contribution in [3.05, 3.63) is 180 Å².